The molecular weight excluding hydrogens is 382 g/mol. The quantitative estimate of drug-likeness (QED) is 0.675. The second-order valence-corrected chi connectivity index (χ2v) is 6.86. The van der Waals surface area contributed by atoms with Crippen LogP contribution in [0.1, 0.15) is 45.0 Å². The van der Waals surface area contributed by atoms with E-state index in [-0.39, 0.29) is 24.5 Å². The summed E-state index contributed by atoms with van der Waals surface area (Å²) < 4.78 is 15.3. The summed E-state index contributed by atoms with van der Waals surface area (Å²) in [5, 5.41) is 3.15. The zero-order valence-electron chi connectivity index (χ0n) is 16.3. The predicted octanol–water partition coefficient (Wildman–Crippen LogP) is 3.60. The molecular formula is C20H23NO6S. The Labute approximate surface area is 167 Å². The van der Waals surface area contributed by atoms with E-state index in [1.165, 1.54) is 18.4 Å². The average molecular weight is 405 g/mol. The highest BCUT2D eigenvalue weighted by molar-refractivity contribution is 7.17. The minimum absolute atomic E-state index is 0.227. The van der Waals surface area contributed by atoms with E-state index in [4.69, 9.17) is 14.2 Å². The Balaban J connectivity index is 2.14. The van der Waals surface area contributed by atoms with Gasteiger partial charge in [-0.1, -0.05) is 19.1 Å². The Hall–Kier alpha value is -2.87. The molecule has 7 nitrogen and oxygen atoms in total. The Morgan fingerprint density at radius 1 is 1.11 bits per heavy atom. The number of anilines is 1. The molecule has 0 aliphatic rings. The summed E-state index contributed by atoms with van der Waals surface area (Å²) in [5.41, 5.74) is 1.40. The second kappa shape index (κ2) is 9.89. The van der Waals surface area contributed by atoms with Crippen LogP contribution in [0.2, 0.25) is 0 Å². The van der Waals surface area contributed by atoms with Gasteiger partial charge in [0.15, 0.2) is 6.61 Å². The molecule has 0 saturated carbocycles. The lowest BCUT2D eigenvalue weighted by atomic mass is 10.1. The second-order valence-electron chi connectivity index (χ2n) is 5.75. The smallest absolute Gasteiger partial charge is 0.341 e. The zero-order valence-corrected chi connectivity index (χ0v) is 17.1. The third kappa shape index (κ3) is 4.89. The lowest BCUT2D eigenvalue weighted by Gasteiger charge is -2.10. The number of esters is 2. The maximum absolute atomic E-state index is 12.4. The van der Waals surface area contributed by atoms with E-state index in [1.807, 2.05) is 13.8 Å². The number of para-hydroxylation sites is 1. The topological polar surface area (TPSA) is 90.9 Å². The minimum atomic E-state index is -0.554. The highest BCUT2D eigenvalue weighted by Gasteiger charge is 2.23. The van der Waals surface area contributed by atoms with E-state index in [0.717, 1.165) is 16.9 Å². The number of hydrogen-bond donors (Lipinski definition) is 1. The van der Waals surface area contributed by atoms with Crippen molar-refractivity contribution in [2.24, 2.45) is 0 Å². The third-order valence-electron chi connectivity index (χ3n) is 3.95. The summed E-state index contributed by atoms with van der Waals surface area (Å²) in [4.78, 5) is 37.4. The van der Waals surface area contributed by atoms with Crippen LogP contribution >= 0.6 is 11.3 Å². The van der Waals surface area contributed by atoms with Gasteiger partial charge in [0.2, 0.25) is 0 Å². The normalized spacial score (nSPS) is 10.3. The summed E-state index contributed by atoms with van der Waals surface area (Å²) in [6.07, 6.45) is 0.738. The Bertz CT molecular complexity index is 874. The van der Waals surface area contributed by atoms with Crippen LogP contribution in [0.5, 0.6) is 5.75 Å². The number of hydrogen-bond acceptors (Lipinski definition) is 7. The van der Waals surface area contributed by atoms with Gasteiger partial charge in [-0.3, -0.25) is 4.79 Å². The molecule has 0 saturated heterocycles. The van der Waals surface area contributed by atoms with Gasteiger partial charge in [0.05, 0.1) is 19.3 Å². The number of carbonyl (C=O) groups excluding carboxylic acids is 3. The van der Waals surface area contributed by atoms with Gasteiger partial charge < -0.3 is 19.5 Å². The van der Waals surface area contributed by atoms with Crippen LogP contribution in [-0.2, 0) is 20.7 Å². The van der Waals surface area contributed by atoms with Crippen molar-refractivity contribution in [1.29, 1.82) is 0 Å². The molecule has 1 aromatic heterocycles. The van der Waals surface area contributed by atoms with Crippen LogP contribution in [0.25, 0.3) is 0 Å². The fourth-order valence-corrected chi connectivity index (χ4v) is 3.76. The predicted molar refractivity (Wildman–Crippen MR) is 106 cm³/mol. The first-order chi connectivity index (χ1) is 13.4. The number of methoxy groups -OCH3 is 1. The molecule has 1 amide bonds. The van der Waals surface area contributed by atoms with Crippen LogP contribution in [0.15, 0.2) is 24.3 Å². The number of amides is 1. The summed E-state index contributed by atoms with van der Waals surface area (Å²) in [6.45, 7) is 5.46. The van der Waals surface area contributed by atoms with Crippen molar-refractivity contribution in [2.75, 3.05) is 25.6 Å². The van der Waals surface area contributed by atoms with Gasteiger partial charge in [-0.25, -0.2) is 9.59 Å². The number of rotatable bonds is 8. The van der Waals surface area contributed by atoms with Gasteiger partial charge in [-0.05, 0) is 38.0 Å². The van der Waals surface area contributed by atoms with Gasteiger partial charge in [0, 0.05) is 4.88 Å². The fourth-order valence-electron chi connectivity index (χ4n) is 2.61. The van der Waals surface area contributed by atoms with Crippen molar-refractivity contribution < 1.29 is 28.6 Å². The van der Waals surface area contributed by atoms with Gasteiger partial charge in [0.25, 0.3) is 5.91 Å². The van der Waals surface area contributed by atoms with Crippen LogP contribution in [0.4, 0.5) is 5.00 Å². The summed E-state index contributed by atoms with van der Waals surface area (Å²) in [6, 6.07) is 6.49. The molecule has 1 heterocycles. The van der Waals surface area contributed by atoms with Crippen LogP contribution in [-0.4, -0.2) is 38.2 Å². The van der Waals surface area contributed by atoms with E-state index in [9.17, 15) is 14.4 Å². The SMILES string of the molecule is CCOC(=O)c1c(NC(=O)COc2ccccc2C(=O)OC)sc(CC)c1C. The summed E-state index contributed by atoms with van der Waals surface area (Å²) in [5.74, 6) is -1.23. The molecule has 28 heavy (non-hydrogen) atoms. The fraction of sp³-hybridized carbons (Fsp3) is 0.350. The summed E-state index contributed by atoms with van der Waals surface area (Å²) in [7, 11) is 1.27. The average Bonchev–Trinajstić information content (AvgIpc) is 3.01. The number of thiophene rings is 1. The molecule has 150 valence electrons. The monoisotopic (exact) mass is 405 g/mol. The van der Waals surface area contributed by atoms with Crippen LogP contribution in [0, 0.1) is 6.92 Å². The maximum Gasteiger partial charge on any atom is 0.341 e. The van der Waals surface area contributed by atoms with Crippen molar-refractivity contribution in [1.82, 2.24) is 0 Å². The number of benzene rings is 1. The van der Waals surface area contributed by atoms with Gasteiger partial charge in [-0.2, -0.15) is 0 Å². The number of aryl methyl sites for hydroxylation is 1. The molecule has 1 N–H and O–H groups in total. The minimum Gasteiger partial charge on any atom is -0.483 e. The van der Waals surface area contributed by atoms with Gasteiger partial charge >= 0.3 is 11.9 Å². The first-order valence-electron chi connectivity index (χ1n) is 8.82. The number of ether oxygens (including phenoxy) is 3. The molecule has 0 unspecified atom stereocenters. The summed E-state index contributed by atoms with van der Waals surface area (Å²) >= 11 is 1.34. The van der Waals surface area contributed by atoms with Crippen molar-refractivity contribution in [3.8, 4) is 5.75 Å². The van der Waals surface area contributed by atoms with Crippen LogP contribution < -0.4 is 10.1 Å². The molecule has 2 rings (SSSR count). The molecule has 0 bridgehead atoms. The van der Waals surface area contributed by atoms with E-state index >= 15 is 0 Å². The number of nitrogens with one attached hydrogen (secondary N) is 1. The zero-order chi connectivity index (χ0) is 20.7. The molecule has 8 heteroatoms. The van der Waals surface area contributed by atoms with Gasteiger partial charge in [-0.15, -0.1) is 11.3 Å². The standard InChI is InChI=1S/C20H23NO6S/c1-5-15-12(3)17(20(24)26-6-2)18(28-15)21-16(22)11-27-14-10-8-7-9-13(14)19(23)25-4/h7-10H,5-6,11H2,1-4H3,(H,21,22). The highest BCUT2D eigenvalue weighted by atomic mass is 32.1. The highest BCUT2D eigenvalue weighted by Crippen LogP contribution is 2.34. The Morgan fingerprint density at radius 2 is 1.82 bits per heavy atom. The molecule has 0 fully saturated rings. The van der Waals surface area contributed by atoms with E-state index in [2.05, 4.69) is 5.32 Å². The molecule has 2 aromatic rings. The number of carbonyl (C=O) groups is 3. The molecule has 1 aromatic carbocycles. The van der Waals surface area contributed by atoms with Crippen molar-refractivity contribution in [3.63, 3.8) is 0 Å². The first-order valence-corrected chi connectivity index (χ1v) is 9.63. The first kappa shape index (κ1) is 21.4. The molecule has 0 radical (unpaired) electrons. The van der Waals surface area contributed by atoms with Crippen molar-refractivity contribution in [3.05, 3.63) is 45.8 Å². The molecule has 0 aliphatic heterocycles. The van der Waals surface area contributed by atoms with E-state index in [0.29, 0.717) is 10.6 Å². The molecule has 0 spiro atoms. The Kier molecular flexibility index (Phi) is 7.57. The van der Waals surface area contributed by atoms with E-state index < -0.39 is 17.8 Å². The van der Waals surface area contributed by atoms with E-state index in [1.54, 1.807) is 31.2 Å². The molecule has 0 atom stereocenters. The lowest BCUT2D eigenvalue weighted by molar-refractivity contribution is -0.118. The lowest BCUT2D eigenvalue weighted by Crippen LogP contribution is -2.22. The van der Waals surface area contributed by atoms with Crippen molar-refractivity contribution >= 4 is 34.2 Å². The maximum atomic E-state index is 12.4. The largest absolute Gasteiger partial charge is 0.483 e. The third-order valence-corrected chi connectivity index (χ3v) is 5.30. The molecule has 0 aliphatic carbocycles. The van der Waals surface area contributed by atoms with Crippen molar-refractivity contribution in [2.45, 2.75) is 27.2 Å². The van der Waals surface area contributed by atoms with Gasteiger partial charge in [0.1, 0.15) is 16.3 Å². The Morgan fingerprint density at radius 3 is 2.46 bits per heavy atom. The van der Waals surface area contributed by atoms with Crippen LogP contribution in [0.3, 0.4) is 0 Å².